The van der Waals surface area contributed by atoms with Gasteiger partial charge in [0.05, 0.1) is 6.33 Å². The van der Waals surface area contributed by atoms with Crippen molar-refractivity contribution in [1.29, 1.82) is 0 Å². The molecular formula is C25H33N7O6. The summed E-state index contributed by atoms with van der Waals surface area (Å²) >= 11 is 0. The van der Waals surface area contributed by atoms with Gasteiger partial charge in [0.15, 0.2) is 23.8 Å². The highest BCUT2D eigenvalue weighted by Gasteiger charge is 2.48. The van der Waals surface area contributed by atoms with Gasteiger partial charge in [-0.15, -0.1) is 0 Å². The van der Waals surface area contributed by atoms with E-state index in [1.54, 1.807) is 0 Å². The van der Waals surface area contributed by atoms with Gasteiger partial charge < -0.3 is 36.0 Å². The number of aliphatic hydroxyl groups excluding tert-OH is 2. The van der Waals surface area contributed by atoms with Crippen molar-refractivity contribution in [1.82, 2.24) is 24.4 Å². The second-order valence-corrected chi connectivity index (χ2v) is 9.08. The zero-order valence-electron chi connectivity index (χ0n) is 21.3. The Bertz CT molecular complexity index is 1280. The number of carboxylic acid groups (broad SMARTS) is 1. The third-order valence-corrected chi connectivity index (χ3v) is 6.63. The third-order valence-electron chi connectivity index (χ3n) is 6.63. The van der Waals surface area contributed by atoms with Gasteiger partial charge in [-0.25, -0.2) is 4.98 Å². The van der Waals surface area contributed by atoms with Crippen molar-refractivity contribution >= 4 is 34.8 Å². The maximum Gasteiger partial charge on any atom is 0.303 e. The van der Waals surface area contributed by atoms with Gasteiger partial charge in [-0.05, 0) is 37.8 Å². The highest BCUT2D eigenvalue weighted by atomic mass is 16.6. The molecule has 0 aliphatic carbocycles. The summed E-state index contributed by atoms with van der Waals surface area (Å²) in [5.41, 5.74) is 8.71. The predicted molar refractivity (Wildman–Crippen MR) is 138 cm³/mol. The zero-order chi connectivity index (χ0) is 27.4. The number of aromatic nitrogens is 4. The first-order chi connectivity index (χ1) is 18.2. The lowest BCUT2D eigenvalue weighted by atomic mass is 10.1. The number of carboxylic acids is 1. The summed E-state index contributed by atoms with van der Waals surface area (Å²) in [7, 11) is 0. The van der Waals surface area contributed by atoms with E-state index in [1.165, 1.54) is 15.8 Å². The number of benzene rings is 1. The molecule has 0 saturated carbocycles. The lowest BCUT2D eigenvalue weighted by molar-refractivity contribution is -0.148. The molecule has 1 aliphatic rings. The molecule has 3 aromatic rings. The molecule has 2 aromatic heterocycles. The number of carbonyl (C=O) groups is 2. The van der Waals surface area contributed by atoms with E-state index in [9.17, 15) is 19.8 Å². The van der Waals surface area contributed by atoms with E-state index in [0.29, 0.717) is 38.0 Å². The van der Waals surface area contributed by atoms with Crippen molar-refractivity contribution in [2.24, 2.45) is 0 Å². The highest BCUT2D eigenvalue weighted by Crippen LogP contribution is 2.33. The van der Waals surface area contributed by atoms with Crippen LogP contribution < -0.4 is 11.1 Å². The van der Waals surface area contributed by atoms with Crippen LogP contribution in [0.15, 0.2) is 30.6 Å². The SMILES string of the molecule is CCN(CC)C(=O)[C@H]1O[C@@H](n2cnc3c(N)nc(NCCc4ccc(CCC(=O)O)cc4)nc32)[C@H](O)[C@@H]1O. The van der Waals surface area contributed by atoms with E-state index < -0.39 is 36.4 Å². The van der Waals surface area contributed by atoms with Crippen molar-refractivity contribution in [2.75, 3.05) is 30.7 Å². The molecular weight excluding hydrogens is 494 g/mol. The van der Waals surface area contributed by atoms with Crippen LogP contribution in [0.3, 0.4) is 0 Å². The maximum atomic E-state index is 12.8. The van der Waals surface area contributed by atoms with Crippen LogP contribution in [0.1, 0.15) is 37.6 Å². The van der Waals surface area contributed by atoms with Crippen LogP contribution in [-0.2, 0) is 27.2 Å². The van der Waals surface area contributed by atoms with Crippen LogP contribution >= 0.6 is 0 Å². The molecule has 4 atom stereocenters. The van der Waals surface area contributed by atoms with Crippen LogP contribution in [0, 0.1) is 0 Å². The molecule has 1 aromatic carbocycles. The predicted octanol–water partition coefficient (Wildman–Crippen LogP) is 0.568. The van der Waals surface area contributed by atoms with Crippen molar-refractivity contribution in [3.63, 3.8) is 0 Å². The molecule has 1 saturated heterocycles. The van der Waals surface area contributed by atoms with E-state index in [4.69, 9.17) is 15.6 Å². The number of nitrogen functional groups attached to an aromatic ring is 1. The topological polar surface area (TPSA) is 189 Å². The van der Waals surface area contributed by atoms with E-state index in [-0.39, 0.29) is 23.8 Å². The van der Waals surface area contributed by atoms with Gasteiger partial charge in [0.25, 0.3) is 5.91 Å². The summed E-state index contributed by atoms with van der Waals surface area (Å²) in [5.74, 6) is -0.852. The summed E-state index contributed by atoms with van der Waals surface area (Å²) in [6.45, 7) is 5.04. The maximum absolute atomic E-state index is 12.8. The summed E-state index contributed by atoms with van der Waals surface area (Å²) in [5, 5.41) is 33.2. The average molecular weight is 528 g/mol. The van der Waals surface area contributed by atoms with Gasteiger partial charge >= 0.3 is 5.97 Å². The monoisotopic (exact) mass is 527 g/mol. The van der Waals surface area contributed by atoms with Crippen LogP contribution in [-0.4, -0.2) is 89.6 Å². The highest BCUT2D eigenvalue weighted by molar-refractivity contribution is 5.84. The molecule has 4 rings (SSSR count). The third kappa shape index (κ3) is 5.69. The fraction of sp³-hybridized carbons (Fsp3) is 0.480. The van der Waals surface area contributed by atoms with Gasteiger partial charge in [-0.2, -0.15) is 9.97 Å². The standard InChI is InChI=1S/C25H33N7O6/c1-3-31(4-2)23(37)20-18(35)19(36)24(38-20)32-13-28-17-21(26)29-25(30-22(17)32)27-12-11-15-7-5-14(6-8-15)9-10-16(33)34/h5-8,13,18-20,24,35-36H,3-4,9-12H2,1-2H3,(H,33,34)(H3,26,27,29,30)/t18-,19+,20-,24+/m0/s1. The van der Waals surface area contributed by atoms with Crippen LogP contribution in [0.2, 0.25) is 0 Å². The van der Waals surface area contributed by atoms with Gasteiger partial charge in [0.1, 0.15) is 17.7 Å². The summed E-state index contributed by atoms with van der Waals surface area (Å²) < 4.78 is 7.26. The first kappa shape index (κ1) is 27.2. The summed E-state index contributed by atoms with van der Waals surface area (Å²) in [6, 6.07) is 7.73. The molecule has 0 radical (unpaired) electrons. The number of nitrogens with two attached hydrogens (primary N) is 1. The Hall–Kier alpha value is -3.81. The lowest BCUT2D eigenvalue weighted by Gasteiger charge is -2.23. The number of ether oxygens (including phenoxy) is 1. The number of aliphatic carboxylic acids is 1. The number of hydrogen-bond donors (Lipinski definition) is 5. The van der Waals surface area contributed by atoms with E-state index in [1.807, 2.05) is 38.1 Å². The number of amides is 1. The Balaban J connectivity index is 1.46. The Morgan fingerprint density at radius 1 is 1.08 bits per heavy atom. The molecule has 0 spiro atoms. The first-order valence-electron chi connectivity index (χ1n) is 12.6. The molecule has 1 amide bonds. The van der Waals surface area contributed by atoms with Crippen molar-refractivity contribution in [3.05, 3.63) is 41.7 Å². The van der Waals surface area contributed by atoms with Crippen LogP contribution in [0.4, 0.5) is 11.8 Å². The molecule has 3 heterocycles. The van der Waals surface area contributed by atoms with Crippen molar-refractivity contribution in [2.45, 2.75) is 57.6 Å². The van der Waals surface area contributed by atoms with Gasteiger partial charge in [0, 0.05) is 26.1 Å². The summed E-state index contributed by atoms with van der Waals surface area (Å²) in [6.07, 6.45) is -2.51. The number of carbonyl (C=O) groups excluding carboxylic acids is 1. The number of aryl methyl sites for hydroxylation is 1. The molecule has 1 aliphatic heterocycles. The Kier molecular flexibility index (Phi) is 8.39. The molecule has 0 bridgehead atoms. The first-order valence-corrected chi connectivity index (χ1v) is 12.6. The van der Waals surface area contributed by atoms with Crippen LogP contribution in [0.5, 0.6) is 0 Å². The number of nitrogens with zero attached hydrogens (tertiary/aromatic N) is 5. The number of aliphatic hydroxyl groups is 2. The number of fused-ring (bicyclic) bond motifs is 1. The number of nitrogens with one attached hydrogen (secondary N) is 1. The van der Waals surface area contributed by atoms with Gasteiger partial charge in [0.2, 0.25) is 5.95 Å². The van der Waals surface area contributed by atoms with Crippen LogP contribution in [0.25, 0.3) is 11.2 Å². The minimum Gasteiger partial charge on any atom is -0.481 e. The normalized spacial score (nSPS) is 21.1. The van der Waals surface area contributed by atoms with Crippen molar-refractivity contribution < 1.29 is 29.6 Å². The lowest BCUT2D eigenvalue weighted by Crippen LogP contribution is -2.45. The smallest absolute Gasteiger partial charge is 0.303 e. The molecule has 204 valence electrons. The number of likely N-dealkylation sites (N-methyl/N-ethyl adjacent to an activating group) is 1. The van der Waals surface area contributed by atoms with E-state index >= 15 is 0 Å². The molecule has 1 fully saturated rings. The fourth-order valence-corrected chi connectivity index (χ4v) is 4.45. The number of imidazole rings is 1. The fourth-order valence-electron chi connectivity index (χ4n) is 4.45. The minimum atomic E-state index is -1.42. The zero-order valence-corrected chi connectivity index (χ0v) is 21.3. The van der Waals surface area contributed by atoms with E-state index in [2.05, 4.69) is 20.3 Å². The Labute approximate surface area is 219 Å². The van der Waals surface area contributed by atoms with Gasteiger partial charge in [-0.3, -0.25) is 14.2 Å². The molecule has 13 heteroatoms. The molecule has 6 N–H and O–H groups in total. The quantitative estimate of drug-likeness (QED) is 0.234. The number of anilines is 2. The van der Waals surface area contributed by atoms with Crippen molar-refractivity contribution in [3.8, 4) is 0 Å². The average Bonchev–Trinajstić information content (AvgIpc) is 3.45. The molecule has 38 heavy (non-hydrogen) atoms. The summed E-state index contributed by atoms with van der Waals surface area (Å²) in [4.78, 5) is 38.1. The Morgan fingerprint density at radius 2 is 1.74 bits per heavy atom. The van der Waals surface area contributed by atoms with E-state index in [0.717, 1.165) is 11.1 Å². The minimum absolute atomic E-state index is 0.0908. The largest absolute Gasteiger partial charge is 0.481 e. The number of rotatable bonds is 11. The second-order valence-electron chi connectivity index (χ2n) is 9.08. The van der Waals surface area contributed by atoms with Gasteiger partial charge in [-0.1, -0.05) is 24.3 Å². The second kappa shape index (κ2) is 11.7. The Morgan fingerprint density at radius 3 is 2.37 bits per heavy atom. The number of hydrogen-bond acceptors (Lipinski definition) is 10. The molecule has 0 unspecified atom stereocenters. The molecule has 13 nitrogen and oxygen atoms in total.